The lowest BCUT2D eigenvalue weighted by Gasteiger charge is -2.39. The lowest BCUT2D eigenvalue weighted by molar-refractivity contribution is -0.137. The molecule has 0 saturated carbocycles. The Kier molecular flexibility index (Phi) is 9.58. The Morgan fingerprint density at radius 2 is 2.05 bits per heavy atom. The van der Waals surface area contributed by atoms with Gasteiger partial charge in [-0.05, 0) is 112 Å². The second kappa shape index (κ2) is 13.1. The molecule has 0 radical (unpaired) electrons. The first-order valence-corrected chi connectivity index (χ1v) is 13.6. The van der Waals surface area contributed by atoms with E-state index in [4.69, 9.17) is 4.74 Å². The Bertz CT molecular complexity index is 1160. The lowest BCUT2D eigenvalue weighted by atomic mass is 9.79. The van der Waals surface area contributed by atoms with Crippen molar-refractivity contribution in [3.63, 3.8) is 0 Å². The van der Waals surface area contributed by atoms with Gasteiger partial charge in [-0.15, -0.1) is 0 Å². The van der Waals surface area contributed by atoms with Gasteiger partial charge in [0.15, 0.2) is 0 Å². The van der Waals surface area contributed by atoms with Crippen molar-refractivity contribution in [1.29, 1.82) is 0 Å². The van der Waals surface area contributed by atoms with Gasteiger partial charge in [0.25, 0.3) is 0 Å². The Balaban J connectivity index is 1.32. The van der Waals surface area contributed by atoms with Crippen LogP contribution in [0.4, 0.5) is 0 Å². The number of aliphatic carboxylic acids is 1. The first-order valence-electron chi connectivity index (χ1n) is 13.6. The monoisotopic (exact) mass is 507 g/mol. The summed E-state index contributed by atoms with van der Waals surface area (Å²) in [7, 11) is 3.73. The van der Waals surface area contributed by atoms with Gasteiger partial charge >= 0.3 is 5.97 Å². The van der Waals surface area contributed by atoms with E-state index >= 15 is 0 Å². The third kappa shape index (κ3) is 7.33. The number of carbonyl (C=O) groups is 1. The zero-order chi connectivity index (χ0) is 26.2. The lowest BCUT2D eigenvalue weighted by Crippen LogP contribution is -2.41. The van der Waals surface area contributed by atoms with E-state index in [-0.39, 0.29) is 6.42 Å². The predicted octanol–water partition coefficient (Wildman–Crippen LogP) is 5.22. The van der Waals surface area contributed by atoms with E-state index in [1.54, 1.807) is 13.3 Å². The van der Waals surface area contributed by atoms with E-state index in [0.717, 1.165) is 74.0 Å². The number of piperidine rings is 1. The Hall–Kier alpha value is -2.90. The molecule has 2 N–H and O–H groups in total. The standard InChI is InChI=1S/C30H41N3O4/c1-32-17-5-7-24(32)6-3-4-18-33-19-15-22(23(21-33)9-13-30(35)36)8-12-29(34)26-14-16-31-28-11-10-25(37-2)20-27(26)28/h5,7,10-11,14,16-17,20,22-23,29,34H,3-4,6,8-9,12-13,15,18-19,21H2,1-2H3,(H,35,36)/t22?,23?,29-/m0/s1. The van der Waals surface area contributed by atoms with Crippen LogP contribution in [0, 0.1) is 11.8 Å². The minimum atomic E-state index is -0.726. The van der Waals surface area contributed by atoms with Crippen LogP contribution in [0.5, 0.6) is 5.75 Å². The number of fused-ring (bicyclic) bond motifs is 1. The van der Waals surface area contributed by atoms with Crippen molar-refractivity contribution in [2.75, 3.05) is 26.7 Å². The molecule has 37 heavy (non-hydrogen) atoms. The maximum atomic E-state index is 11.3. The van der Waals surface area contributed by atoms with Crippen LogP contribution in [0.15, 0.2) is 48.8 Å². The SMILES string of the molecule is COc1ccc2nccc([C@@H](O)CCC3CCN(CCCCc4cccn4C)CC3CCC(=O)O)c2c1. The van der Waals surface area contributed by atoms with Crippen LogP contribution in [-0.2, 0) is 18.3 Å². The van der Waals surface area contributed by atoms with E-state index in [1.807, 2.05) is 24.3 Å². The molecule has 2 aromatic heterocycles. The molecule has 4 rings (SSSR count). The number of carboxylic acids is 1. The number of pyridine rings is 1. The summed E-state index contributed by atoms with van der Waals surface area (Å²) in [5.74, 6) is 0.796. The number of aliphatic hydroxyl groups is 1. The number of rotatable bonds is 13. The van der Waals surface area contributed by atoms with Gasteiger partial charge in [0.1, 0.15) is 5.75 Å². The number of aliphatic hydroxyl groups excluding tert-OH is 1. The van der Waals surface area contributed by atoms with Crippen LogP contribution in [0.1, 0.15) is 62.3 Å². The number of methoxy groups -OCH3 is 1. The molecular formula is C30H41N3O4. The molecule has 1 fully saturated rings. The predicted molar refractivity (Wildman–Crippen MR) is 146 cm³/mol. The van der Waals surface area contributed by atoms with Gasteiger partial charge in [-0.1, -0.05) is 0 Å². The molecular weight excluding hydrogens is 466 g/mol. The molecule has 1 aliphatic heterocycles. The van der Waals surface area contributed by atoms with Crippen molar-refractivity contribution in [2.45, 2.75) is 57.5 Å². The van der Waals surface area contributed by atoms with Crippen molar-refractivity contribution >= 4 is 16.9 Å². The summed E-state index contributed by atoms with van der Waals surface area (Å²) in [6, 6.07) is 11.9. The molecule has 1 aromatic carbocycles. The van der Waals surface area contributed by atoms with E-state index in [0.29, 0.717) is 24.7 Å². The van der Waals surface area contributed by atoms with Crippen molar-refractivity contribution in [3.05, 3.63) is 60.0 Å². The molecule has 1 saturated heterocycles. The molecule has 2 unspecified atom stereocenters. The zero-order valence-corrected chi connectivity index (χ0v) is 22.2. The Morgan fingerprint density at radius 3 is 2.81 bits per heavy atom. The van der Waals surface area contributed by atoms with Gasteiger partial charge in [0.2, 0.25) is 0 Å². The fourth-order valence-electron chi connectivity index (χ4n) is 5.86. The van der Waals surface area contributed by atoms with Crippen molar-refractivity contribution in [3.8, 4) is 5.75 Å². The number of hydrogen-bond acceptors (Lipinski definition) is 5. The van der Waals surface area contributed by atoms with Gasteiger partial charge in [-0.2, -0.15) is 0 Å². The van der Waals surface area contributed by atoms with E-state index in [1.165, 1.54) is 5.69 Å². The second-order valence-electron chi connectivity index (χ2n) is 10.5. The topological polar surface area (TPSA) is 87.8 Å². The number of hydrogen-bond donors (Lipinski definition) is 2. The smallest absolute Gasteiger partial charge is 0.303 e. The highest BCUT2D eigenvalue weighted by Gasteiger charge is 2.30. The molecule has 3 heterocycles. The van der Waals surface area contributed by atoms with Crippen molar-refractivity contribution in [2.24, 2.45) is 18.9 Å². The number of aromatic nitrogens is 2. The number of ether oxygens (including phenoxy) is 1. The summed E-state index contributed by atoms with van der Waals surface area (Å²) in [6.07, 6.45) is 10.2. The normalized spacial score (nSPS) is 19.2. The molecule has 7 heteroatoms. The summed E-state index contributed by atoms with van der Waals surface area (Å²) >= 11 is 0. The first-order chi connectivity index (χ1) is 17.9. The Morgan fingerprint density at radius 1 is 1.19 bits per heavy atom. The summed E-state index contributed by atoms with van der Waals surface area (Å²) in [5.41, 5.74) is 3.09. The number of nitrogens with zero attached hydrogens (tertiary/aromatic N) is 3. The number of aryl methyl sites for hydroxylation is 2. The van der Waals surface area contributed by atoms with Gasteiger partial charge in [-0.3, -0.25) is 9.78 Å². The summed E-state index contributed by atoms with van der Waals surface area (Å²) in [6.45, 7) is 3.06. The third-order valence-electron chi connectivity index (χ3n) is 8.07. The zero-order valence-electron chi connectivity index (χ0n) is 22.2. The molecule has 0 spiro atoms. The minimum Gasteiger partial charge on any atom is -0.497 e. The summed E-state index contributed by atoms with van der Waals surface area (Å²) in [4.78, 5) is 18.3. The Labute approximate surface area is 220 Å². The number of benzene rings is 1. The fourth-order valence-corrected chi connectivity index (χ4v) is 5.86. The van der Waals surface area contributed by atoms with Crippen molar-refractivity contribution in [1.82, 2.24) is 14.5 Å². The van der Waals surface area contributed by atoms with Crippen molar-refractivity contribution < 1.29 is 19.7 Å². The summed E-state index contributed by atoms with van der Waals surface area (Å²) < 4.78 is 7.57. The highest BCUT2D eigenvalue weighted by atomic mass is 16.5. The van der Waals surface area contributed by atoms with Crippen LogP contribution in [0.3, 0.4) is 0 Å². The highest BCUT2D eigenvalue weighted by Crippen LogP contribution is 2.35. The quantitative estimate of drug-likeness (QED) is 0.308. The average Bonchev–Trinajstić information content (AvgIpc) is 3.32. The number of likely N-dealkylation sites (tertiary alicyclic amines) is 1. The molecule has 3 aromatic rings. The molecule has 3 atom stereocenters. The van der Waals surface area contributed by atoms with Gasteiger partial charge in [0.05, 0.1) is 18.7 Å². The molecule has 0 amide bonds. The van der Waals surface area contributed by atoms with E-state index in [9.17, 15) is 15.0 Å². The fraction of sp³-hybridized carbons (Fsp3) is 0.533. The number of unbranched alkanes of at least 4 members (excludes halogenated alkanes) is 1. The van der Waals surface area contributed by atoms with Crippen LogP contribution in [-0.4, -0.2) is 57.4 Å². The van der Waals surface area contributed by atoms with E-state index in [2.05, 4.69) is 39.8 Å². The largest absolute Gasteiger partial charge is 0.497 e. The first kappa shape index (κ1) is 27.1. The van der Waals surface area contributed by atoms with E-state index < -0.39 is 12.1 Å². The number of carboxylic acid groups (broad SMARTS) is 1. The average molecular weight is 508 g/mol. The van der Waals surface area contributed by atoms with Crippen LogP contribution < -0.4 is 4.74 Å². The van der Waals surface area contributed by atoms with Gasteiger partial charge < -0.3 is 24.4 Å². The maximum Gasteiger partial charge on any atom is 0.303 e. The van der Waals surface area contributed by atoms with Crippen LogP contribution >= 0.6 is 0 Å². The maximum absolute atomic E-state index is 11.3. The second-order valence-corrected chi connectivity index (χ2v) is 10.5. The van der Waals surface area contributed by atoms with Gasteiger partial charge in [0, 0.05) is 43.5 Å². The van der Waals surface area contributed by atoms with Crippen LogP contribution in [0.25, 0.3) is 10.9 Å². The molecule has 1 aliphatic rings. The van der Waals surface area contributed by atoms with Crippen LogP contribution in [0.2, 0.25) is 0 Å². The third-order valence-corrected chi connectivity index (χ3v) is 8.07. The van der Waals surface area contributed by atoms with Gasteiger partial charge in [-0.25, -0.2) is 0 Å². The molecule has 0 aliphatic carbocycles. The summed E-state index contributed by atoms with van der Waals surface area (Å²) in [5, 5.41) is 21.4. The molecule has 0 bridgehead atoms. The highest BCUT2D eigenvalue weighted by molar-refractivity contribution is 5.83. The molecule has 7 nitrogen and oxygen atoms in total. The molecule has 200 valence electrons. The minimum absolute atomic E-state index is 0.208.